The van der Waals surface area contributed by atoms with Gasteiger partial charge in [0.25, 0.3) is 5.91 Å². The summed E-state index contributed by atoms with van der Waals surface area (Å²) in [5.41, 5.74) is -0.0201. The van der Waals surface area contributed by atoms with Crippen molar-refractivity contribution in [3.05, 3.63) is 65.5 Å². The van der Waals surface area contributed by atoms with Gasteiger partial charge in [0.05, 0.1) is 0 Å². The SMILES string of the molecule is O=C(c1ccccc1)[C@H]1O[C@@]12C(=O)Nc1ccc(F)cc12. The number of anilines is 1. The average Bonchev–Trinajstić information content (AvgIpc) is 3.19. The summed E-state index contributed by atoms with van der Waals surface area (Å²) in [6, 6.07) is 12.6. The number of amides is 1. The summed E-state index contributed by atoms with van der Waals surface area (Å²) >= 11 is 0. The molecule has 4 rings (SSSR count). The fourth-order valence-electron chi connectivity index (χ4n) is 2.79. The predicted octanol–water partition coefficient (Wildman–Crippen LogP) is 2.25. The van der Waals surface area contributed by atoms with Gasteiger partial charge in [-0.05, 0) is 18.2 Å². The number of Topliss-reactive ketones (excluding diaryl/α,β-unsaturated/α-hetero) is 1. The van der Waals surface area contributed by atoms with Crippen molar-refractivity contribution in [2.45, 2.75) is 11.7 Å². The quantitative estimate of drug-likeness (QED) is 0.679. The van der Waals surface area contributed by atoms with Gasteiger partial charge in [0.1, 0.15) is 5.82 Å². The molecule has 5 heteroatoms. The van der Waals surface area contributed by atoms with Crippen molar-refractivity contribution < 1.29 is 18.7 Å². The smallest absolute Gasteiger partial charge is 0.264 e. The van der Waals surface area contributed by atoms with Crippen molar-refractivity contribution in [3.63, 3.8) is 0 Å². The Morgan fingerprint density at radius 1 is 1.19 bits per heavy atom. The van der Waals surface area contributed by atoms with E-state index in [0.29, 0.717) is 16.8 Å². The molecule has 0 unspecified atom stereocenters. The summed E-state index contributed by atoms with van der Waals surface area (Å²) in [6.07, 6.45) is -0.900. The van der Waals surface area contributed by atoms with Crippen LogP contribution in [0.4, 0.5) is 10.1 Å². The number of nitrogens with one attached hydrogen (secondary N) is 1. The highest BCUT2D eigenvalue weighted by molar-refractivity contribution is 6.15. The summed E-state index contributed by atoms with van der Waals surface area (Å²) < 4.78 is 18.9. The van der Waals surface area contributed by atoms with Crippen molar-refractivity contribution in [2.24, 2.45) is 0 Å². The van der Waals surface area contributed by atoms with E-state index < -0.39 is 23.4 Å². The lowest BCUT2D eigenvalue weighted by atomic mass is 9.92. The lowest BCUT2D eigenvalue weighted by Crippen LogP contribution is -2.27. The third kappa shape index (κ3) is 1.58. The molecule has 2 atom stereocenters. The number of hydrogen-bond donors (Lipinski definition) is 1. The molecule has 104 valence electrons. The number of benzene rings is 2. The number of epoxide rings is 1. The van der Waals surface area contributed by atoms with Gasteiger partial charge in [0.2, 0.25) is 5.60 Å². The third-order valence-electron chi connectivity index (χ3n) is 3.88. The Bertz CT molecular complexity index is 774. The molecule has 1 N–H and O–H groups in total. The number of ketones is 1. The molecular formula is C16H10FNO3. The minimum Gasteiger partial charge on any atom is -0.342 e. The van der Waals surface area contributed by atoms with Crippen LogP contribution in [0.2, 0.25) is 0 Å². The minimum atomic E-state index is -1.37. The molecule has 0 bridgehead atoms. The predicted molar refractivity (Wildman–Crippen MR) is 72.4 cm³/mol. The van der Waals surface area contributed by atoms with Crippen molar-refractivity contribution >= 4 is 17.4 Å². The lowest BCUT2D eigenvalue weighted by molar-refractivity contribution is -0.120. The van der Waals surface area contributed by atoms with Crippen LogP contribution in [0, 0.1) is 5.82 Å². The van der Waals surface area contributed by atoms with Crippen LogP contribution in [-0.2, 0) is 15.1 Å². The summed E-state index contributed by atoms with van der Waals surface area (Å²) in [7, 11) is 0. The maximum atomic E-state index is 13.4. The number of ether oxygens (including phenoxy) is 1. The molecule has 2 heterocycles. The third-order valence-corrected chi connectivity index (χ3v) is 3.88. The van der Waals surface area contributed by atoms with Crippen molar-refractivity contribution in [1.29, 1.82) is 0 Å². The zero-order valence-corrected chi connectivity index (χ0v) is 10.8. The first-order valence-electron chi connectivity index (χ1n) is 6.51. The Balaban J connectivity index is 1.74. The summed E-state index contributed by atoms with van der Waals surface area (Å²) in [6.45, 7) is 0. The molecule has 0 saturated carbocycles. The molecule has 1 amide bonds. The first-order valence-corrected chi connectivity index (χ1v) is 6.51. The normalized spacial score (nSPS) is 25.6. The van der Waals surface area contributed by atoms with Gasteiger partial charge in [-0.25, -0.2) is 4.39 Å². The fourth-order valence-corrected chi connectivity index (χ4v) is 2.79. The van der Waals surface area contributed by atoms with E-state index in [0.717, 1.165) is 0 Å². The molecule has 2 aliphatic heterocycles. The Morgan fingerprint density at radius 2 is 1.95 bits per heavy atom. The first-order chi connectivity index (χ1) is 10.1. The average molecular weight is 283 g/mol. The van der Waals surface area contributed by atoms with Gasteiger partial charge in [-0.1, -0.05) is 30.3 Å². The van der Waals surface area contributed by atoms with Crippen LogP contribution in [-0.4, -0.2) is 17.8 Å². The molecule has 2 aliphatic rings. The maximum Gasteiger partial charge on any atom is 0.264 e. The molecule has 0 aromatic heterocycles. The molecule has 1 fully saturated rings. The Kier molecular flexibility index (Phi) is 2.32. The van der Waals surface area contributed by atoms with E-state index in [1.807, 2.05) is 0 Å². The first kappa shape index (κ1) is 12.2. The second-order valence-electron chi connectivity index (χ2n) is 5.11. The van der Waals surface area contributed by atoms with Gasteiger partial charge < -0.3 is 10.1 Å². The second kappa shape index (κ2) is 3.99. The van der Waals surface area contributed by atoms with Crippen LogP contribution in [0.25, 0.3) is 0 Å². The van der Waals surface area contributed by atoms with Crippen LogP contribution in [0.3, 0.4) is 0 Å². The van der Waals surface area contributed by atoms with Crippen molar-refractivity contribution in [3.8, 4) is 0 Å². The molecule has 4 nitrogen and oxygen atoms in total. The van der Waals surface area contributed by atoms with E-state index in [4.69, 9.17) is 4.74 Å². The molecule has 1 spiro atoms. The van der Waals surface area contributed by atoms with Crippen LogP contribution >= 0.6 is 0 Å². The van der Waals surface area contributed by atoms with Gasteiger partial charge in [-0.3, -0.25) is 9.59 Å². The number of hydrogen-bond acceptors (Lipinski definition) is 3. The number of rotatable bonds is 2. The highest BCUT2D eigenvalue weighted by Gasteiger charge is 2.70. The van der Waals surface area contributed by atoms with E-state index in [1.54, 1.807) is 30.3 Å². The zero-order chi connectivity index (χ0) is 14.6. The minimum absolute atomic E-state index is 0.275. The molecule has 0 aliphatic carbocycles. The van der Waals surface area contributed by atoms with Gasteiger partial charge >= 0.3 is 0 Å². The number of carbonyl (C=O) groups is 2. The molecule has 2 aromatic rings. The Hall–Kier alpha value is -2.53. The van der Waals surface area contributed by atoms with Crippen molar-refractivity contribution in [2.75, 3.05) is 5.32 Å². The van der Waals surface area contributed by atoms with Gasteiger partial charge in [0, 0.05) is 16.8 Å². The fraction of sp³-hybridized carbons (Fsp3) is 0.125. The molecular weight excluding hydrogens is 273 g/mol. The monoisotopic (exact) mass is 283 g/mol. The van der Waals surface area contributed by atoms with Gasteiger partial charge in [-0.2, -0.15) is 0 Å². The lowest BCUT2D eigenvalue weighted by Gasteiger charge is -2.03. The van der Waals surface area contributed by atoms with E-state index in [9.17, 15) is 14.0 Å². The largest absolute Gasteiger partial charge is 0.342 e. The summed E-state index contributed by atoms with van der Waals surface area (Å²) in [5.74, 6) is -1.16. The topological polar surface area (TPSA) is 58.7 Å². The van der Waals surface area contributed by atoms with Crippen LogP contribution in [0.15, 0.2) is 48.5 Å². The van der Waals surface area contributed by atoms with Crippen LogP contribution in [0.5, 0.6) is 0 Å². The standard InChI is InChI=1S/C16H10FNO3/c17-10-6-7-12-11(8-10)16(15(20)18-12)14(21-16)13(19)9-4-2-1-3-5-9/h1-8,14H,(H,18,20)/t14-,16-/m1/s1. The van der Waals surface area contributed by atoms with E-state index >= 15 is 0 Å². The van der Waals surface area contributed by atoms with Crippen LogP contribution in [0.1, 0.15) is 15.9 Å². The van der Waals surface area contributed by atoms with Gasteiger partial charge in [-0.15, -0.1) is 0 Å². The molecule has 0 radical (unpaired) electrons. The molecule has 2 aromatic carbocycles. The Morgan fingerprint density at radius 3 is 2.71 bits per heavy atom. The maximum absolute atomic E-state index is 13.4. The summed E-state index contributed by atoms with van der Waals surface area (Å²) in [5, 5.41) is 2.63. The highest BCUT2D eigenvalue weighted by atomic mass is 19.1. The number of carbonyl (C=O) groups excluding carboxylic acids is 2. The highest BCUT2D eigenvalue weighted by Crippen LogP contribution is 2.54. The molecule has 21 heavy (non-hydrogen) atoms. The van der Waals surface area contributed by atoms with Crippen molar-refractivity contribution in [1.82, 2.24) is 0 Å². The Labute approximate surface area is 119 Å². The van der Waals surface area contributed by atoms with Crippen LogP contribution < -0.4 is 5.32 Å². The van der Waals surface area contributed by atoms with E-state index in [2.05, 4.69) is 5.32 Å². The number of fused-ring (bicyclic) bond motifs is 2. The van der Waals surface area contributed by atoms with Gasteiger partial charge in [0.15, 0.2) is 11.9 Å². The molecule has 1 saturated heterocycles. The van der Waals surface area contributed by atoms with E-state index in [1.165, 1.54) is 18.2 Å². The summed E-state index contributed by atoms with van der Waals surface area (Å²) in [4.78, 5) is 24.6. The van der Waals surface area contributed by atoms with E-state index in [-0.39, 0.29) is 5.78 Å². The zero-order valence-electron chi connectivity index (χ0n) is 10.8. The number of halogens is 1. The second-order valence-corrected chi connectivity index (χ2v) is 5.11.